The first-order valence-corrected chi connectivity index (χ1v) is 13.2. The smallest absolute Gasteiger partial charge is 0.407 e. The molecule has 0 saturated heterocycles. The summed E-state index contributed by atoms with van der Waals surface area (Å²) in [6.45, 7) is 14.6. The van der Waals surface area contributed by atoms with Gasteiger partial charge in [0.25, 0.3) is 5.91 Å². The number of carbonyl (C=O) groups is 2. The summed E-state index contributed by atoms with van der Waals surface area (Å²) in [4.78, 5) is 29.2. The van der Waals surface area contributed by atoms with E-state index in [0.717, 1.165) is 24.0 Å². The van der Waals surface area contributed by atoms with Crippen molar-refractivity contribution in [2.45, 2.75) is 73.0 Å². The Morgan fingerprint density at radius 1 is 1.05 bits per heavy atom. The standard InChI is InChI=1S/C27H36N6O3.C2H6.3H2/c1-18(2)33-22-14-13-19(25(34)31-20-11-7-6-8-12-20)17-21(22)32-24(23(33)28)29-15-9-10-16-30-26(35)36-27(3,4)5;1-2;;;/h6-8,11-14,17-18,28H,9-10,15-16H2,1-5H3,(H,29,32)(H,30,35)(H,31,34);1-2H3;3*1H. The number of amides is 2. The van der Waals surface area contributed by atoms with Gasteiger partial charge in [-0.15, -0.1) is 0 Å². The van der Waals surface area contributed by atoms with E-state index in [0.29, 0.717) is 30.0 Å². The van der Waals surface area contributed by atoms with E-state index in [1.54, 1.807) is 12.1 Å². The number of aromatic nitrogens is 2. The van der Waals surface area contributed by atoms with E-state index in [9.17, 15) is 9.59 Å². The van der Waals surface area contributed by atoms with Crippen molar-refractivity contribution in [1.29, 1.82) is 5.41 Å². The first-order chi connectivity index (χ1) is 18.0. The molecule has 1 heterocycles. The highest BCUT2D eigenvalue weighted by atomic mass is 16.6. The third-order valence-electron chi connectivity index (χ3n) is 5.31. The molecule has 0 unspecified atom stereocenters. The highest BCUT2D eigenvalue weighted by Gasteiger charge is 2.16. The van der Waals surface area contributed by atoms with Gasteiger partial charge in [0.15, 0.2) is 11.3 Å². The normalized spacial score (nSPS) is 10.9. The minimum atomic E-state index is -0.522. The fraction of sp³-hybridized carbons (Fsp3) is 0.448. The molecule has 212 valence electrons. The fourth-order valence-corrected chi connectivity index (χ4v) is 3.71. The zero-order chi connectivity index (χ0) is 28.3. The first-order valence-electron chi connectivity index (χ1n) is 13.2. The molecule has 0 radical (unpaired) electrons. The highest BCUT2D eigenvalue weighted by molar-refractivity contribution is 6.05. The van der Waals surface area contributed by atoms with Crippen LogP contribution in [-0.2, 0) is 4.74 Å². The monoisotopic (exact) mass is 528 g/mol. The number of ether oxygens (including phenoxy) is 1. The molecule has 0 fully saturated rings. The molecule has 4 N–H and O–H groups in total. The largest absolute Gasteiger partial charge is 0.444 e. The van der Waals surface area contributed by atoms with Crippen LogP contribution in [0.3, 0.4) is 0 Å². The van der Waals surface area contributed by atoms with E-state index < -0.39 is 11.7 Å². The molecule has 3 rings (SSSR count). The Labute approximate surface area is 230 Å². The summed E-state index contributed by atoms with van der Waals surface area (Å²) in [5.41, 5.74) is 2.40. The van der Waals surface area contributed by atoms with E-state index in [4.69, 9.17) is 10.1 Å². The lowest BCUT2D eigenvalue weighted by Gasteiger charge is -2.19. The van der Waals surface area contributed by atoms with Crippen LogP contribution in [0.25, 0.3) is 11.0 Å². The molecule has 0 bridgehead atoms. The van der Waals surface area contributed by atoms with Crippen molar-refractivity contribution < 1.29 is 18.6 Å². The molecule has 38 heavy (non-hydrogen) atoms. The van der Waals surface area contributed by atoms with Gasteiger partial charge in [-0.3, -0.25) is 10.2 Å². The zero-order valence-corrected chi connectivity index (χ0v) is 23.6. The molecule has 1 aromatic heterocycles. The van der Waals surface area contributed by atoms with E-state index in [2.05, 4.69) is 20.9 Å². The van der Waals surface area contributed by atoms with Crippen LogP contribution in [0.4, 0.5) is 16.3 Å². The zero-order valence-electron chi connectivity index (χ0n) is 23.6. The van der Waals surface area contributed by atoms with Crippen molar-refractivity contribution in [2.24, 2.45) is 0 Å². The molecule has 9 heteroatoms. The van der Waals surface area contributed by atoms with Crippen molar-refractivity contribution in [3.63, 3.8) is 0 Å². The predicted octanol–water partition coefficient (Wildman–Crippen LogP) is 6.83. The molecule has 0 aliphatic carbocycles. The lowest BCUT2D eigenvalue weighted by Crippen LogP contribution is -2.33. The molecule has 0 spiro atoms. The van der Waals surface area contributed by atoms with Gasteiger partial charge in [0, 0.05) is 34.7 Å². The average Bonchev–Trinajstić information content (AvgIpc) is 2.86. The van der Waals surface area contributed by atoms with Crippen LogP contribution in [0.15, 0.2) is 48.5 Å². The van der Waals surface area contributed by atoms with Crippen LogP contribution in [-0.4, -0.2) is 40.2 Å². The Kier molecular flexibility index (Phi) is 11.3. The fourth-order valence-electron chi connectivity index (χ4n) is 3.71. The molecule has 0 atom stereocenters. The summed E-state index contributed by atoms with van der Waals surface area (Å²) in [6.07, 6.45) is 1.10. The Morgan fingerprint density at radius 3 is 2.34 bits per heavy atom. The van der Waals surface area contributed by atoms with Crippen LogP contribution in [0.1, 0.15) is 82.0 Å². The van der Waals surface area contributed by atoms with Crippen molar-refractivity contribution in [3.8, 4) is 0 Å². The summed E-state index contributed by atoms with van der Waals surface area (Å²) in [7, 11) is 0. The molecule has 0 aliphatic rings. The molecule has 2 amide bonds. The van der Waals surface area contributed by atoms with Crippen LogP contribution in [0.2, 0.25) is 0 Å². The molecule has 9 nitrogen and oxygen atoms in total. The molecular weight excluding hydrogens is 480 g/mol. The molecule has 0 saturated carbocycles. The van der Waals surface area contributed by atoms with Crippen LogP contribution in [0, 0.1) is 5.41 Å². The van der Waals surface area contributed by atoms with Gasteiger partial charge in [-0.25, -0.2) is 9.78 Å². The molecular formula is C29H48N6O3. The number of hydrogen-bond acceptors (Lipinski definition) is 6. The van der Waals surface area contributed by atoms with Gasteiger partial charge in [-0.1, -0.05) is 32.0 Å². The van der Waals surface area contributed by atoms with E-state index in [1.165, 1.54) is 0 Å². The van der Waals surface area contributed by atoms with Gasteiger partial charge in [0.05, 0.1) is 11.0 Å². The quantitative estimate of drug-likeness (QED) is 0.227. The topological polar surface area (TPSA) is 121 Å². The van der Waals surface area contributed by atoms with Gasteiger partial charge < -0.3 is 25.3 Å². The van der Waals surface area contributed by atoms with Gasteiger partial charge in [0.2, 0.25) is 0 Å². The number of anilines is 2. The van der Waals surface area contributed by atoms with Crippen LogP contribution < -0.4 is 21.4 Å². The van der Waals surface area contributed by atoms with Gasteiger partial charge >= 0.3 is 6.09 Å². The number of hydrogen-bond donors (Lipinski definition) is 4. The van der Waals surface area contributed by atoms with Crippen LogP contribution >= 0.6 is 0 Å². The SMILES string of the molecule is CC.CC(C)n1c(=N)c(NCCCCNC(=O)OC(C)(C)C)nc2cc(C(=O)Nc3ccccc3)ccc21.[HH].[HH].[HH]. The van der Waals surface area contributed by atoms with E-state index >= 15 is 0 Å². The highest BCUT2D eigenvalue weighted by Crippen LogP contribution is 2.19. The van der Waals surface area contributed by atoms with Crippen molar-refractivity contribution in [1.82, 2.24) is 14.9 Å². The third kappa shape index (κ3) is 8.90. The van der Waals surface area contributed by atoms with Crippen molar-refractivity contribution in [2.75, 3.05) is 23.7 Å². The Morgan fingerprint density at radius 2 is 1.71 bits per heavy atom. The predicted molar refractivity (Wildman–Crippen MR) is 160 cm³/mol. The minimum absolute atomic E-state index is 0. The maximum atomic E-state index is 12.8. The van der Waals surface area contributed by atoms with Gasteiger partial charge in [-0.05, 0) is 77.8 Å². The number of para-hydroxylation sites is 1. The number of alkyl carbamates (subject to hydrolysis) is 1. The minimum Gasteiger partial charge on any atom is -0.444 e. The summed E-state index contributed by atoms with van der Waals surface area (Å²) in [5.74, 6) is 0.236. The number of nitrogens with zero attached hydrogens (tertiary/aromatic N) is 2. The Balaban J connectivity index is 0. The second kappa shape index (κ2) is 14.2. The lowest BCUT2D eigenvalue weighted by molar-refractivity contribution is 0.0527. The van der Waals surface area contributed by atoms with E-state index in [-0.39, 0.29) is 21.7 Å². The van der Waals surface area contributed by atoms with Crippen LogP contribution in [0.5, 0.6) is 0 Å². The van der Waals surface area contributed by atoms with Crippen molar-refractivity contribution in [3.05, 3.63) is 59.6 Å². The molecule has 3 aromatic rings. The number of nitrogens with one attached hydrogen (secondary N) is 4. The Bertz CT molecular complexity index is 1280. The second-order valence-electron chi connectivity index (χ2n) is 9.86. The van der Waals surface area contributed by atoms with Crippen molar-refractivity contribution >= 4 is 34.5 Å². The number of unbranched alkanes of at least 4 members (excludes halogenated alkanes) is 1. The van der Waals surface area contributed by atoms with Gasteiger partial charge in [0.1, 0.15) is 5.60 Å². The molecule has 2 aromatic carbocycles. The van der Waals surface area contributed by atoms with E-state index in [1.807, 2.05) is 89.4 Å². The number of fused-ring (bicyclic) bond motifs is 1. The maximum absolute atomic E-state index is 12.8. The first kappa shape index (κ1) is 30.3. The maximum Gasteiger partial charge on any atom is 0.407 e. The Hall–Kier alpha value is -3.88. The number of carbonyl (C=O) groups excluding carboxylic acids is 2. The summed E-state index contributed by atoms with van der Waals surface area (Å²) < 4.78 is 7.13. The number of rotatable bonds is 9. The number of benzene rings is 2. The van der Waals surface area contributed by atoms with Gasteiger partial charge in [-0.2, -0.15) is 0 Å². The third-order valence-corrected chi connectivity index (χ3v) is 5.31. The molecule has 0 aliphatic heterocycles. The lowest BCUT2D eigenvalue weighted by atomic mass is 10.1. The average molecular weight is 529 g/mol. The summed E-state index contributed by atoms with van der Waals surface area (Å²) >= 11 is 0. The second-order valence-corrected chi connectivity index (χ2v) is 9.86. The summed E-state index contributed by atoms with van der Waals surface area (Å²) in [5, 5.41) is 17.6. The summed E-state index contributed by atoms with van der Waals surface area (Å²) in [6, 6.07) is 14.7.